The lowest BCUT2D eigenvalue weighted by Crippen LogP contribution is -2.31. The molecule has 0 saturated carbocycles. The van der Waals surface area contributed by atoms with Crippen LogP contribution < -0.4 is 15.4 Å². The normalized spacial score (nSPS) is 14.8. The van der Waals surface area contributed by atoms with E-state index in [-0.39, 0.29) is 18.3 Å². The zero-order chi connectivity index (χ0) is 24.4. The van der Waals surface area contributed by atoms with Gasteiger partial charge in [-0.05, 0) is 49.7 Å². The fourth-order valence-corrected chi connectivity index (χ4v) is 4.05. The Hall–Kier alpha value is -4.46. The van der Waals surface area contributed by atoms with Crippen molar-refractivity contribution in [3.05, 3.63) is 113 Å². The van der Waals surface area contributed by atoms with E-state index in [0.29, 0.717) is 34.2 Å². The lowest BCUT2D eigenvalue weighted by Gasteiger charge is -2.28. The standard InChI is InChI=1S/C27H24FN5O2/c1-17-7-11-21(12-8-17)32-26(34)24-18(2)31-27-29-16-30-33(27)25(24)19-9-13-22(14-10-19)35-15-20-5-3-4-6-23(20)28/h3-14,16,25H,15H2,1-2H3,(H,32,34)(H,29,30,31). The molecule has 176 valence electrons. The molecule has 8 heteroatoms. The lowest BCUT2D eigenvalue weighted by atomic mass is 9.95. The van der Waals surface area contributed by atoms with Gasteiger partial charge in [0.2, 0.25) is 5.95 Å². The summed E-state index contributed by atoms with van der Waals surface area (Å²) < 4.78 is 21.4. The summed E-state index contributed by atoms with van der Waals surface area (Å²) in [5, 5.41) is 10.5. The lowest BCUT2D eigenvalue weighted by molar-refractivity contribution is -0.113. The predicted molar refractivity (Wildman–Crippen MR) is 131 cm³/mol. The minimum Gasteiger partial charge on any atom is -0.489 e. The molecule has 1 aliphatic rings. The van der Waals surface area contributed by atoms with Crippen LogP contribution in [-0.4, -0.2) is 20.7 Å². The largest absolute Gasteiger partial charge is 0.489 e. The first kappa shape index (κ1) is 22.3. The average Bonchev–Trinajstić information content (AvgIpc) is 3.32. The molecule has 0 aliphatic carbocycles. The Labute approximate surface area is 202 Å². The van der Waals surface area contributed by atoms with Crippen LogP contribution in [0, 0.1) is 12.7 Å². The molecule has 7 nitrogen and oxygen atoms in total. The van der Waals surface area contributed by atoms with E-state index < -0.39 is 6.04 Å². The monoisotopic (exact) mass is 469 g/mol. The quantitative estimate of drug-likeness (QED) is 0.404. The van der Waals surface area contributed by atoms with Gasteiger partial charge < -0.3 is 15.4 Å². The van der Waals surface area contributed by atoms with Gasteiger partial charge >= 0.3 is 0 Å². The average molecular weight is 470 g/mol. The number of hydrogen-bond acceptors (Lipinski definition) is 5. The summed E-state index contributed by atoms with van der Waals surface area (Å²) in [6.45, 7) is 3.96. The van der Waals surface area contributed by atoms with Gasteiger partial charge in [-0.15, -0.1) is 0 Å². The molecule has 2 heterocycles. The van der Waals surface area contributed by atoms with E-state index in [1.807, 2.05) is 50.2 Å². The molecule has 1 atom stereocenters. The predicted octanol–water partition coefficient (Wildman–Crippen LogP) is 5.23. The number of hydrogen-bond donors (Lipinski definition) is 2. The first-order valence-corrected chi connectivity index (χ1v) is 11.2. The van der Waals surface area contributed by atoms with Crippen LogP contribution in [0.2, 0.25) is 0 Å². The maximum atomic E-state index is 13.9. The van der Waals surface area contributed by atoms with Crippen molar-refractivity contribution in [3.63, 3.8) is 0 Å². The summed E-state index contributed by atoms with van der Waals surface area (Å²) in [7, 11) is 0. The molecule has 0 fully saturated rings. The molecule has 4 aromatic rings. The fraction of sp³-hybridized carbons (Fsp3) is 0.148. The first-order chi connectivity index (χ1) is 17.0. The maximum Gasteiger partial charge on any atom is 0.255 e. The van der Waals surface area contributed by atoms with Crippen molar-refractivity contribution in [2.24, 2.45) is 0 Å². The fourth-order valence-electron chi connectivity index (χ4n) is 4.05. The van der Waals surface area contributed by atoms with Gasteiger partial charge in [0.25, 0.3) is 5.91 Å². The highest BCUT2D eigenvalue weighted by atomic mass is 19.1. The zero-order valence-corrected chi connectivity index (χ0v) is 19.3. The number of rotatable bonds is 6. The smallest absolute Gasteiger partial charge is 0.255 e. The van der Waals surface area contributed by atoms with Gasteiger partial charge in [-0.25, -0.2) is 9.07 Å². The van der Waals surface area contributed by atoms with Crippen molar-refractivity contribution in [1.82, 2.24) is 14.8 Å². The van der Waals surface area contributed by atoms with Gasteiger partial charge in [0.15, 0.2) is 0 Å². The third kappa shape index (κ3) is 4.63. The Morgan fingerprint density at radius 1 is 1.06 bits per heavy atom. The second-order valence-electron chi connectivity index (χ2n) is 8.36. The topological polar surface area (TPSA) is 81.1 Å². The number of carbonyl (C=O) groups excluding carboxylic acids is 1. The van der Waals surface area contributed by atoms with Crippen molar-refractivity contribution in [2.45, 2.75) is 26.5 Å². The van der Waals surface area contributed by atoms with E-state index in [2.05, 4.69) is 20.7 Å². The molecule has 5 rings (SSSR count). The zero-order valence-electron chi connectivity index (χ0n) is 19.3. The number of fused-ring (bicyclic) bond motifs is 1. The number of allylic oxidation sites excluding steroid dienone is 1. The molecule has 0 spiro atoms. The number of anilines is 2. The molecule has 3 aromatic carbocycles. The number of aryl methyl sites for hydroxylation is 1. The van der Waals surface area contributed by atoms with Crippen LogP contribution in [0.25, 0.3) is 0 Å². The van der Waals surface area contributed by atoms with Gasteiger partial charge in [-0.2, -0.15) is 10.1 Å². The third-order valence-electron chi connectivity index (χ3n) is 5.90. The summed E-state index contributed by atoms with van der Waals surface area (Å²) in [6, 6.07) is 21.0. The number of amides is 1. The van der Waals surface area contributed by atoms with Gasteiger partial charge in [-0.1, -0.05) is 48.0 Å². The molecule has 1 aliphatic heterocycles. The van der Waals surface area contributed by atoms with Crippen molar-refractivity contribution in [3.8, 4) is 5.75 Å². The Bertz CT molecular complexity index is 1390. The van der Waals surface area contributed by atoms with E-state index in [0.717, 1.165) is 11.1 Å². The molecule has 1 unspecified atom stereocenters. The molecule has 1 aromatic heterocycles. The Morgan fingerprint density at radius 2 is 1.80 bits per heavy atom. The number of ether oxygens (including phenoxy) is 1. The van der Waals surface area contributed by atoms with Crippen molar-refractivity contribution < 1.29 is 13.9 Å². The highest BCUT2D eigenvalue weighted by molar-refractivity contribution is 6.06. The minimum absolute atomic E-state index is 0.121. The van der Waals surface area contributed by atoms with Crippen LogP contribution in [0.15, 0.2) is 90.4 Å². The Kier molecular flexibility index (Phi) is 6.01. The molecule has 2 N–H and O–H groups in total. The molecule has 0 radical (unpaired) electrons. The molecular formula is C27H24FN5O2. The maximum absolute atomic E-state index is 13.9. The third-order valence-corrected chi connectivity index (χ3v) is 5.90. The summed E-state index contributed by atoms with van der Waals surface area (Å²) in [4.78, 5) is 17.7. The van der Waals surface area contributed by atoms with Crippen molar-refractivity contribution in [1.29, 1.82) is 0 Å². The molecule has 0 bridgehead atoms. The van der Waals surface area contributed by atoms with Crippen molar-refractivity contribution in [2.75, 3.05) is 10.6 Å². The summed E-state index contributed by atoms with van der Waals surface area (Å²) in [5.74, 6) is 0.614. The van der Waals surface area contributed by atoms with E-state index in [4.69, 9.17) is 4.74 Å². The van der Waals surface area contributed by atoms with Crippen LogP contribution in [0.3, 0.4) is 0 Å². The van der Waals surface area contributed by atoms with E-state index in [1.54, 1.807) is 35.0 Å². The van der Waals surface area contributed by atoms with Gasteiger partial charge in [0.05, 0.1) is 5.57 Å². The van der Waals surface area contributed by atoms with Crippen LogP contribution in [0.4, 0.5) is 16.0 Å². The van der Waals surface area contributed by atoms with Gasteiger partial charge in [0.1, 0.15) is 30.5 Å². The minimum atomic E-state index is -0.486. The highest BCUT2D eigenvalue weighted by Gasteiger charge is 2.33. The van der Waals surface area contributed by atoms with Gasteiger partial charge in [-0.3, -0.25) is 4.79 Å². The second kappa shape index (κ2) is 9.42. The first-order valence-electron chi connectivity index (χ1n) is 11.2. The van der Waals surface area contributed by atoms with Gasteiger partial charge in [0, 0.05) is 16.9 Å². The Balaban J connectivity index is 1.41. The SMILES string of the molecule is CC1=C(C(=O)Nc2ccc(C)cc2)C(c2ccc(OCc3ccccc3F)cc2)n2ncnc2N1. The number of aromatic nitrogens is 3. The summed E-state index contributed by atoms with van der Waals surface area (Å²) in [5.41, 5.74) is 4.37. The number of nitrogens with zero attached hydrogens (tertiary/aromatic N) is 3. The number of nitrogens with one attached hydrogen (secondary N) is 2. The van der Waals surface area contributed by atoms with E-state index >= 15 is 0 Å². The number of carbonyl (C=O) groups is 1. The van der Waals surface area contributed by atoms with E-state index in [1.165, 1.54) is 12.4 Å². The summed E-state index contributed by atoms with van der Waals surface area (Å²) >= 11 is 0. The highest BCUT2D eigenvalue weighted by Crippen LogP contribution is 2.35. The molecule has 0 saturated heterocycles. The molecular weight excluding hydrogens is 445 g/mol. The van der Waals surface area contributed by atoms with Crippen LogP contribution in [-0.2, 0) is 11.4 Å². The van der Waals surface area contributed by atoms with E-state index in [9.17, 15) is 9.18 Å². The van der Waals surface area contributed by atoms with Crippen LogP contribution in [0.5, 0.6) is 5.75 Å². The summed E-state index contributed by atoms with van der Waals surface area (Å²) in [6.07, 6.45) is 1.45. The van der Waals surface area contributed by atoms with Crippen LogP contribution >= 0.6 is 0 Å². The number of halogens is 1. The van der Waals surface area contributed by atoms with Crippen LogP contribution in [0.1, 0.15) is 29.7 Å². The molecule has 1 amide bonds. The second-order valence-corrected chi connectivity index (χ2v) is 8.36. The molecule has 35 heavy (non-hydrogen) atoms. The number of benzene rings is 3. The van der Waals surface area contributed by atoms with Crippen molar-refractivity contribution >= 4 is 17.5 Å². The Morgan fingerprint density at radius 3 is 2.54 bits per heavy atom.